The number of nitriles is 1. The summed E-state index contributed by atoms with van der Waals surface area (Å²) >= 11 is 0. The Morgan fingerprint density at radius 1 is 1.56 bits per heavy atom. The fourth-order valence-electron chi connectivity index (χ4n) is 1.43. The van der Waals surface area contributed by atoms with Gasteiger partial charge in [-0.2, -0.15) is 5.26 Å². The monoisotopic (exact) mass is 226 g/mol. The Kier molecular flexibility index (Phi) is 6.75. The van der Waals surface area contributed by atoms with Gasteiger partial charge in [0, 0.05) is 13.2 Å². The fraction of sp³-hybridized carbons (Fsp3) is 0.833. The molecule has 0 saturated heterocycles. The Balaban J connectivity index is 4.04. The van der Waals surface area contributed by atoms with Gasteiger partial charge in [0.2, 0.25) is 5.91 Å². The van der Waals surface area contributed by atoms with Gasteiger partial charge in [0.1, 0.15) is 5.92 Å². The van der Waals surface area contributed by atoms with Crippen molar-refractivity contribution in [3.05, 3.63) is 0 Å². The average molecular weight is 226 g/mol. The molecule has 0 radical (unpaired) electrons. The molecule has 0 aliphatic carbocycles. The summed E-state index contributed by atoms with van der Waals surface area (Å²) in [5, 5.41) is 20.3. The lowest BCUT2D eigenvalue weighted by molar-refractivity contribution is -0.123. The number of hydrogen-bond acceptors (Lipinski definition) is 3. The predicted molar refractivity (Wildman–Crippen MR) is 62.5 cm³/mol. The maximum atomic E-state index is 11.5. The second kappa shape index (κ2) is 7.24. The highest BCUT2D eigenvalue weighted by Gasteiger charge is 2.21. The summed E-state index contributed by atoms with van der Waals surface area (Å²) < 4.78 is 0. The smallest absolute Gasteiger partial charge is 0.237 e. The third-order valence-electron chi connectivity index (χ3n) is 2.63. The van der Waals surface area contributed by atoms with Gasteiger partial charge in [-0.3, -0.25) is 4.79 Å². The minimum absolute atomic E-state index is 0.0356. The lowest BCUT2D eigenvalue weighted by Crippen LogP contribution is -2.37. The van der Waals surface area contributed by atoms with Crippen LogP contribution in [0.3, 0.4) is 0 Å². The minimum atomic E-state index is -0.548. The molecular formula is C12H22N2O2. The number of amides is 1. The van der Waals surface area contributed by atoms with Crippen LogP contribution in [0.15, 0.2) is 0 Å². The van der Waals surface area contributed by atoms with Crippen LogP contribution in [-0.2, 0) is 4.79 Å². The van der Waals surface area contributed by atoms with Gasteiger partial charge in [0.25, 0.3) is 0 Å². The molecule has 1 unspecified atom stereocenters. The van der Waals surface area contributed by atoms with Crippen LogP contribution in [0.2, 0.25) is 0 Å². The van der Waals surface area contributed by atoms with Crippen molar-refractivity contribution in [2.75, 3.05) is 13.2 Å². The van der Waals surface area contributed by atoms with Gasteiger partial charge < -0.3 is 10.4 Å². The Labute approximate surface area is 97.7 Å². The summed E-state index contributed by atoms with van der Waals surface area (Å²) in [4.78, 5) is 11.5. The van der Waals surface area contributed by atoms with Crippen LogP contribution in [0, 0.1) is 22.7 Å². The highest BCUT2D eigenvalue weighted by atomic mass is 16.2. The van der Waals surface area contributed by atoms with Crippen LogP contribution in [-0.4, -0.2) is 24.2 Å². The zero-order valence-electron chi connectivity index (χ0n) is 10.4. The van der Waals surface area contributed by atoms with Crippen LogP contribution in [0.25, 0.3) is 0 Å². The molecule has 16 heavy (non-hydrogen) atoms. The zero-order chi connectivity index (χ0) is 12.6. The van der Waals surface area contributed by atoms with E-state index in [-0.39, 0.29) is 17.9 Å². The first kappa shape index (κ1) is 14.9. The normalized spacial score (nSPS) is 12.9. The molecule has 0 aromatic carbocycles. The lowest BCUT2D eigenvalue weighted by Gasteiger charge is -2.25. The summed E-state index contributed by atoms with van der Waals surface area (Å²) in [6, 6.07) is 1.98. The van der Waals surface area contributed by atoms with E-state index in [9.17, 15) is 4.79 Å². The molecule has 0 bridgehead atoms. The highest BCUT2D eigenvalue weighted by molar-refractivity contribution is 5.80. The third kappa shape index (κ3) is 5.72. The maximum absolute atomic E-state index is 11.5. The van der Waals surface area contributed by atoms with Gasteiger partial charge >= 0.3 is 0 Å². The van der Waals surface area contributed by atoms with Crippen molar-refractivity contribution in [2.45, 2.75) is 40.0 Å². The van der Waals surface area contributed by atoms with Crippen LogP contribution >= 0.6 is 0 Å². The van der Waals surface area contributed by atoms with Crippen LogP contribution < -0.4 is 5.32 Å². The van der Waals surface area contributed by atoms with Crippen molar-refractivity contribution in [3.8, 4) is 6.07 Å². The zero-order valence-corrected chi connectivity index (χ0v) is 10.4. The van der Waals surface area contributed by atoms with Crippen molar-refractivity contribution >= 4 is 5.91 Å². The summed E-state index contributed by atoms with van der Waals surface area (Å²) in [5.74, 6) is -0.740. The van der Waals surface area contributed by atoms with E-state index >= 15 is 0 Å². The Morgan fingerprint density at radius 2 is 2.19 bits per heavy atom. The van der Waals surface area contributed by atoms with E-state index in [1.807, 2.05) is 26.8 Å². The average Bonchev–Trinajstić information content (AvgIpc) is 2.25. The Hall–Kier alpha value is -1.08. The topological polar surface area (TPSA) is 73.1 Å². The summed E-state index contributed by atoms with van der Waals surface area (Å²) in [7, 11) is 0. The molecule has 4 heteroatoms. The summed E-state index contributed by atoms with van der Waals surface area (Å²) in [6.07, 6.45) is 2.13. The molecule has 1 amide bonds. The molecule has 0 aromatic rings. The van der Waals surface area contributed by atoms with Crippen LogP contribution in [0.4, 0.5) is 0 Å². The third-order valence-corrected chi connectivity index (χ3v) is 2.63. The molecule has 2 N–H and O–H groups in total. The largest absolute Gasteiger partial charge is 0.396 e. The summed E-state index contributed by atoms with van der Waals surface area (Å²) in [6.45, 7) is 6.62. The van der Waals surface area contributed by atoms with E-state index in [1.165, 1.54) is 0 Å². The summed E-state index contributed by atoms with van der Waals surface area (Å²) in [5.41, 5.74) is -0.0356. The molecule has 0 aliphatic rings. The Morgan fingerprint density at radius 3 is 2.62 bits per heavy atom. The van der Waals surface area contributed by atoms with E-state index in [2.05, 4.69) is 5.32 Å². The van der Waals surface area contributed by atoms with Gasteiger partial charge in [0.15, 0.2) is 0 Å². The molecular weight excluding hydrogens is 204 g/mol. The van der Waals surface area contributed by atoms with Crippen molar-refractivity contribution in [2.24, 2.45) is 11.3 Å². The molecule has 0 rings (SSSR count). The maximum Gasteiger partial charge on any atom is 0.237 e. The quantitative estimate of drug-likeness (QED) is 0.690. The molecule has 0 aromatic heterocycles. The minimum Gasteiger partial charge on any atom is -0.396 e. The van der Waals surface area contributed by atoms with Crippen LogP contribution in [0.1, 0.15) is 40.0 Å². The molecule has 4 nitrogen and oxygen atoms in total. The first-order valence-corrected chi connectivity index (χ1v) is 5.75. The molecule has 0 spiro atoms. The molecule has 0 heterocycles. The van der Waals surface area contributed by atoms with Crippen molar-refractivity contribution < 1.29 is 9.90 Å². The standard InChI is InChI=1S/C12H22N2O2/c1-4-10(8-13)11(16)14-9-12(2,3)6-5-7-15/h10,15H,4-7,9H2,1-3H3,(H,14,16). The van der Waals surface area contributed by atoms with Gasteiger partial charge in [0.05, 0.1) is 6.07 Å². The van der Waals surface area contributed by atoms with Gasteiger partial charge in [-0.25, -0.2) is 0 Å². The highest BCUT2D eigenvalue weighted by Crippen LogP contribution is 2.20. The number of rotatable bonds is 7. The number of hydrogen-bond donors (Lipinski definition) is 2. The lowest BCUT2D eigenvalue weighted by atomic mass is 9.87. The van der Waals surface area contributed by atoms with E-state index in [0.717, 1.165) is 12.8 Å². The number of aliphatic hydroxyl groups is 1. The van der Waals surface area contributed by atoms with E-state index in [0.29, 0.717) is 13.0 Å². The second-order valence-electron chi connectivity index (χ2n) is 4.80. The molecule has 0 aliphatic heterocycles. The van der Waals surface area contributed by atoms with E-state index in [1.54, 1.807) is 0 Å². The number of nitrogens with one attached hydrogen (secondary N) is 1. The van der Waals surface area contributed by atoms with Gasteiger partial charge in [-0.05, 0) is 24.7 Å². The van der Waals surface area contributed by atoms with E-state index in [4.69, 9.17) is 10.4 Å². The fourth-order valence-corrected chi connectivity index (χ4v) is 1.43. The number of nitrogens with zero attached hydrogens (tertiary/aromatic N) is 1. The predicted octanol–water partition coefficient (Wildman–Crippen LogP) is 1.45. The van der Waals surface area contributed by atoms with Gasteiger partial charge in [-0.1, -0.05) is 20.8 Å². The molecule has 1 atom stereocenters. The number of carbonyl (C=O) groups is 1. The van der Waals surface area contributed by atoms with Crippen LogP contribution in [0.5, 0.6) is 0 Å². The van der Waals surface area contributed by atoms with Crippen molar-refractivity contribution in [3.63, 3.8) is 0 Å². The second-order valence-corrected chi connectivity index (χ2v) is 4.80. The molecule has 0 saturated carbocycles. The number of carbonyl (C=O) groups excluding carboxylic acids is 1. The van der Waals surface area contributed by atoms with E-state index < -0.39 is 5.92 Å². The van der Waals surface area contributed by atoms with Crippen molar-refractivity contribution in [1.29, 1.82) is 5.26 Å². The first-order valence-electron chi connectivity index (χ1n) is 5.75. The Bertz CT molecular complexity index is 256. The number of aliphatic hydroxyl groups excluding tert-OH is 1. The molecule has 92 valence electrons. The SMILES string of the molecule is CCC(C#N)C(=O)NCC(C)(C)CCCO. The van der Waals surface area contributed by atoms with Gasteiger partial charge in [-0.15, -0.1) is 0 Å². The van der Waals surface area contributed by atoms with Crippen molar-refractivity contribution in [1.82, 2.24) is 5.32 Å². The molecule has 0 fully saturated rings. The first-order chi connectivity index (χ1) is 7.46.